The van der Waals surface area contributed by atoms with Gasteiger partial charge in [0.1, 0.15) is 0 Å². The van der Waals surface area contributed by atoms with Crippen LogP contribution in [0, 0.1) is 11.8 Å². The maximum Gasteiger partial charge on any atom is 0.265 e. The molecular formula is C16H23BrN2O2. The van der Waals surface area contributed by atoms with E-state index in [-0.39, 0.29) is 5.91 Å². The minimum absolute atomic E-state index is 0.293. The summed E-state index contributed by atoms with van der Waals surface area (Å²) < 4.78 is 6.92. The largest absolute Gasteiger partial charge is 0.373 e. The molecule has 1 aliphatic rings. The van der Waals surface area contributed by atoms with Crippen molar-refractivity contribution in [1.82, 2.24) is 5.43 Å². The number of nitrogen functional groups attached to an aromatic ring is 1. The first-order chi connectivity index (χ1) is 10.0. The number of hydrogen-bond acceptors (Lipinski definition) is 3. The summed E-state index contributed by atoms with van der Waals surface area (Å²) in [6.07, 6.45) is 3.85. The fraction of sp³-hybridized carbons (Fsp3) is 0.562. The third-order valence-corrected chi connectivity index (χ3v) is 5.21. The van der Waals surface area contributed by atoms with Crippen molar-refractivity contribution in [3.8, 4) is 0 Å². The molecule has 0 spiro atoms. The highest BCUT2D eigenvalue weighted by Gasteiger charge is 2.25. The number of halogens is 1. The Bertz CT molecular complexity index is 507. The van der Waals surface area contributed by atoms with Crippen LogP contribution in [-0.4, -0.2) is 12.0 Å². The minimum atomic E-state index is -0.293. The predicted octanol–water partition coefficient (Wildman–Crippen LogP) is 3.39. The van der Waals surface area contributed by atoms with E-state index in [1.54, 1.807) is 12.1 Å². The Morgan fingerprint density at radius 3 is 2.76 bits per heavy atom. The third kappa shape index (κ3) is 4.28. The second-order valence-electron chi connectivity index (χ2n) is 5.98. The lowest BCUT2D eigenvalue weighted by atomic mass is 9.80. The van der Waals surface area contributed by atoms with Gasteiger partial charge in [-0.2, -0.15) is 0 Å². The number of nitrogens with one attached hydrogen (secondary N) is 1. The summed E-state index contributed by atoms with van der Waals surface area (Å²) >= 11 is 3.49. The van der Waals surface area contributed by atoms with Gasteiger partial charge < -0.3 is 4.74 Å². The van der Waals surface area contributed by atoms with Crippen LogP contribution >= 0.6 is 15.9 Å². The van der Waals surface area contributed by atoms with E-state index in [0.717, 1.165) is 34.7 Å². The van der Waals surface area contributed by atoms with Crippen LogP contribution in [0.5, 0.6) is 0 Å². The van der Waals surface area contributed by atoms with E-state index in [1.165, 1.54) is 6.42 Å². The van der Waals surface area contributed by atoms with Gasteiger partial charge in [-0.1, -0.05) is 35.8 Å². The van der Waals surface area contributed by atoms with Gasteiger partial charge in [0.05, 0.1) is 12.7 Å². The summed E-state index contributed by atoms with van der Waals surface area (Å²) in [5.74, 6) is 6.36. The minimum Gasteiger partial charge on any atom is -0.373 e. The summed E-state index contributed by atoms with van der Waals surface area (Å²) in [6, 6.07) is 5.44. The highest BCUT2D eigenvalue weighted by Crippen LogP contribution is 2.31. The standard InChI is InChI=1S/C16H23BrN2O2/c1-10-3-6-14(7-11(10)2)21-9-13-5-4-12(8-15(13)17)16(20)19-18/h4-5,8,10-11,14H,3,6-7,9,18H2,1-2H3,(H,19,20). The monoisotopic (exact) mass is 354 g/mol. The Hall–Kier alpha value is -0.910. The lowest BCUT2D eigenvalue weighted by Crippen LogP contribution is -2.30. The summed E-state index contributed by atoms with van der Waals surface area (Å²) in [5, 5.41) is 0. The number of hydrazine groups is 1. The maximum absolute atomic E-state index is 11.5. The molecule has 116 valence electrons. The van der Waals surface area contributed by atoms with Gasteiger partial charge in [0.15, 0.2) is 0 Å². The Kier molecular flexibility index (Phi) is 5.79. The first-order valence-corrected chi connectivity index (χ1v) is 8.21. The van der Waals surface area contributed by atoms with Crippen LogP contribution in [0.15, 0.2) is 22.7 Å². The lowest BCUT2D eigenvalue weighted by Gasteiger charge is -2.32. The van der Waals surface area contributed by atoms with Crippen molar-refractivity contribution in [2.45, 2.75) is 45.8 Å². The smallest absolute Gasteiger partial charge is 0.265 e. The van der Waals surface area contributed by atoms with E-state index >= 15 is 0 Å². The molecule has 2 rings (SSSR count). The number of rotatable bonds is 4. The van der Waals surface area contributed by atoms with E-state index in [1.807, 2.05) is 6.07 Å². The molecule has 1 aromatic rings. The Morgan fingerprint density at radius 1 is 1.38 bits per heavy atom. The molecular weight excluding hydrogens is 332 g/mol. The van der Waals surface area contributed by atoms with E-state index in [9.17, 15) is 4.79 Å². The van der Waals surface area contributed by atoms with Crippen LogP contribution < -0.4 is 11.3 Å². The van der Waals surface area contributed by atoms with Crippen molar-refractivity contribution in [2.75, 3.05) is 0 Å². The fourth-order valence-electron chi connectivity index (χ4n) is 2.75. The van der Waals surface area contributed by atoms with E-state index in [2.05, 4.69) is 35.2 Å². The zero-order valence-electron chi connectivity index (χ0n) is 12.6. The lowest BCUT2D eigenvalue weighted by molar-refractivity contribution is -0.00767. The van der Waals surface area contributed by atoms with Crippen molar-refractivity contribution < 1.29 is 9.53 Å². The molecule has 0 bridgehead atoms. The van der Waals surface area contributed by atoms with Gasteiger partial charge in [-0.15, -0.1) is 0 Å². The zero-order chi connectivity index (χ0) is 15.4. The second kappa shape index (κ2) is 7.38. The van der Waals surface area contributed by atoms with Crippen LogP contribution in [0.25, 0.3) is 0 Å². The fourth-order valence-corrected chi connectivity index (χ4v) is 3.24. The van der Waals surface area contributed by atoms with Crippen molar-refractivity contribution in [3.63, 3.8) is 0 Å². The number of carbonyl (C=O) groups excluding carboxylic acids is 1. The van der Waals surface area contributed by atoms with Gasteiger partial charge in [-0.05, 0) is 48.8 Å². The number of ether oxygens (including phenoxy) is 1. The zero-order valence-corrected chi connectivity index (χ0v) is 14.2. The molecule has 21 heavy (non-hydrogen) atoms. The van der Waals surface area contributed by atoms with E-state index in [0.29, 0.717) is 18.3 Å². The highest BCUT2D eigenvalue weighted by atomic mass is 79.9. The first kappa shape index (κ1) is 16.5. The molecule has 1 aliphatic carbocycles. The molecule has 0 radical (unpaired) electrons. The van der Waals surface area contributed by atoms with Crippen LogP contribution in [0.1, 0.15) is 49.0 Å². The Labute approximate surface area is 134 Å². The summed E-state index contributed by atoms with van der Waals surface area (Å²) in [5.41, 5.74) is 3.72. The van der Waals surface area contributed by atoms with Crippen LogP contribution in [0.4, 0.5) is 0 Å². The van der Waals surface area contributed by atoms with Crippen LogP contribution in [0.3, 0.4) is 0 Å². The highest BCUT2D eigenvalue weighted by molar-refractivity contribution is 9.10. The molecule has 4 nitrogen and oxygen atoms in total. The number of benzene rings is 1. The van der Waals surface area contributed by atoms with Gasteiger partial charge >= 0.3 is 0 Å². The molecule has 1 fully saturated rings. The summed E-state index contributed by atoms with van der Waals surface area (Å²) in [7, 11) is 0. The number of amides is 1. The van der Waals surface area contributed by atoms with Gasteiger partial charge in [0.25, 0.3) is 5.91 Å². The predicted molar refractivity (Wildman–Crippen MR) is 86.6 cm³/mol. The first-order valence-electron chi connectivity index (χ1n) is 7.42. The Balaban J connectivity index is 1.93. The summed E-state index contributed by atoms with van der Waals surface area (Å²) in [6.45, 7) is 5.19. The van der Waals surface area contributed by atoms with Crippen LogP contribution in [-0.2, 0) is 11.3 Å². The number of hydrogen-bond donors (Lipinski definition) is 2. The normalized spacial score (nSPS) is 25.6. The van der Waals surface area contributed by atoms with Crippen molar-refractivity contribution in [1.29, 1.82) is 0 Å². The molecule has 0 heterocycles. The van der Waals surface area contributed by atoms with Gasteiger partial charge in [0.2, 0.25) is 0 Å². The average molecular weight is 355 g/mol. The molecule has 3 N–H and O–H groups in total. The number of carbonyl (C=O) groups is 1. The van der Waals surface area contributed by atoms with Gasteiger partial charge in [0, 0.05) is 10.0 Å². The maximum atomic E-state index is 11.5. The Morgan fingerprint density at radius 2 is 2.14 bits per heavy atom. The topological polar surface area (TPSA) is 64.3 Å². The second-order valence-corrected chi connectivity index (χ2v) is 6.83. The van der Waals surface area contributed by atoms with Crippen molar-refractivity contribution in [3.05, 3.63) is 33.8 Å². The third-order valence-electron chi connectivity index (χ3n) is 4.47. The molecule has 3 unspecified atom stereocenters. The SMILES string of the molecule is CC1CCC(OCc2ccc(C(=O)NN)cc2Br)CC1C. The van der Waals surface area contributed by atoms with Crippen molar-refractivity contribution >= 4 is 21.8 Å². The van der Waals surface area contributed by atoms with Gasteiger partial charge in [-0.25, -0.2) is 5.84 Å². The molecule has 0 aromatic heterocycles. The van der Waals surface area contributed by atoms with Crippen molar-refractivity contribution in [2.24, 2.45) is 17.7 Å². The molecule has 1 amide bonds. The number of nitrogens with two attached hydrogens (primary N) is 1. The average Bonchev–Trinajstić information content (AvgIpc) is 2.48. The molecule has 1 saturated carbocycles. The molecule has 0 saturated heterocycles. The molecule has 0 aliphatic heterocycles. The molecule has 5 heteroatoms. The quantitative estimate of drug-likeness (QED) is 0.494. The molecule has 3 atom stereocenters. The summed E-state index contributed by atoms with van der Waals surface area (Å²) in [4.78, 5) is 11.5. The van der Waals surface area contributed by atoms with E-state index in [4.69, 9.17) is 10.6 Å². The van der Waals surface area contributed by atoms with E-state index < -0.39 is 0 Å². The molecule has 1 aromatic carbocycles. The van der Waals surface area contributed by atoms with Crippen LogP contribution in [0.2, 0.25) is 0 Å². The van der Waals surface area contributed by atoms with Gasteiger partial charge in [-0.3, -0.25) is 10.2 Å².